The van der Waals surface area contributed by atoms with Gasteiger partial charge in [0.1, 0.15) is 5.82 Å². The molecular weight excluding hydrogens is 303 g/mol. The van der Waals surface area contributed by atoms with E-state index >= 15 is 0 Å². The van der Waals surface area contributed by atoms with Crippen molar-refractivity contribution in [2.45, 2.75) is 19.4 Å². The molecule has 1 atom stereocenters. The number of anilines is 2. The average molecular weight is 319 g/mol. The minimum atomic E-state index is -0.426. The van der Waals surface area contributed by atoms with Gasteiger partial charge >= 0.3 is 0 Å². The molecule has 0 saturated heterocycles. The lowest BCUT2D eigenvalue weighted by molar-refractivity contribution is -0.115. The van der Waals surface area contributed by atoms with Crippen LogP contribution >= 0.6 is 11.6 Å². The molecule has 0 aliphatic carbocycles. The number of fused-ring (bicyclic) bond motifs is 1. The molecule has 3 rings (SSSR count). The Morgan fingerprint density at radius 2 is 2.14 bits per heavy atom. The molecule has 5 heteroatoms. The number of para-hydroxylation sites is 1. The van der Waals surface area contributed by atoms with Crippen LogP contribution in [0, 0.1) is 5.82 Å². The number of hydrogen-bond acceptors (Lipinski definition) is 2. The summed E-state index contributed by atoms with van der Waals surface area (Å²) in [5.41, 5.74) is 2.77. The van der Waals surface area contributed by atoms with Gasteiger partial charge in [0.2, 0.25) is 5.91 Å². The maximum absolute atomic E-state index is 13.0. The van der Waals surface area contributed by atoms with Crippen LogP contribution in [0.3, 0.4) is 0 Å². The van der Waals surface area contributed by atoms with Crippen LogP contribution in [0.25, 0.3) is 0 Å². The minimum Gasteiger partial charge on any atom is -0.359 e. The Labute approximate surface area is 133 Å². The number of nitrogens with one attached hydrogen (secondary N) is 1. The summed E-state index contributed by atoms with van der Waals surface area (Å²) in [7, 11) is 0. The van der Waals surface area contributed by atoms with E-state index in [9.17, 15) is 9.18 Å². The number of amides is 1. The first-order chi connectivity index (χ1) is 10.5. The monoisotopic (exact) mass is 318 g/mol. The largest absolute Gasteiger partial charge is 0.359 e. The first-order valence-corrected chi connectivity index (χ1v) is 7.52. The fraction of sp³-hybridized carbons (Fsp3) is 0.235. The van der Waals surface area contributed by atoms with Gasteiger partial charge in [-0.3, -0.25) is 4.79 Å². The third kappa shape index (κ3) is 2.92. The average Bonchev–Trinajstić information content (AvgIpc) is 2.78. The summed E-state index contributed by atoms with van der Waals surface area (Å²) in [5.74, 6) is -0.595. The van der Waals surface area contributed by atoms with E-state index in [4.69, 9.17) is 11.6 Å². The number of halogens is 2. The maximum atomic E-state index is 13.0. The van der Waals surface area contributed by atoms with Crippen LogP contribution in [-0.4, -0.2) is 18.5 Å². The van der Waals surface area contributed by atoms with Crippen LogP contribution in [0.1, 0.15) is 12.5 Å². The Morgan fingerprint density at radius 1 is 1.36 bits per heavy atom. The second-order valence-corrected chi connectivity index (χ2v) is 5.89. The fourth-order valence-electron chi connectivity index (χ4n) is 2.81. The van der Waals surface area contributed by atoms with Crippen molar-refractivity contribution in [2.75, 3.05) is 16.8 Å². The van der Waals surface area contributed by atoms with Gasteiger partial charge in [-0.15, -0.1) is 0 Å². The minimum absolute atomic E-state index is 0.169. The Kier molecular flexibility index (Phi) is 4.03. The summed E-state index contributed by atoms with van der Waals surface area (Å²) in [6, 6.07) is 12.3. The Balaban J connectivity index is 1.72. The molecule has 1 amide bonds. The van der Waals surface area contributed by atoms with Gasteiger partial charge in [0, 0.05) is 11.7 Å². The van der Waals surface area contributed by atoms with Gasteiger partial charge in [0.25, 0.3) is 0 Å². The highest BCUT2D eigenvalue weighted by atomic mass is 35.5. The summed E-state index contributed by atoms with van der Waals surface area (Å²) in [5, 5.41) is 2.93. The lowest BCUT2D eigenvalue weighted by Gasteiger charge is -2.24. The molecule has 2 aromatic rings. The predicted octanol–water partition coefficient (Wildman–Crippen LogP) is 3.87. The molecule has 1 N–H and O–H groups in total. The molecule has 22 heavy (non-hydrogen) atoms. The highest BCUT2D eigenvalue weighted by molar-refractivity contribution is 6.33. The lowest BCUT2D eigenvalue weighted by Crippen LogP contribution is -2.37. The van der Waals surface area contributed by atoms with Gasteiger partial charge in [-0.05, 0) is 43.2 Å². The van der Waals surface area contributed by atoms with E-state index in [1.54, 1.807) is 0 Å². The fourth-order valence-corrected chi connectivity index (χ4v) is 3.02. The van der Waals surface area contributed by atoms with E-state index in [0.717, 1.165) is 12.1 Å². The molecule has 3 nitrogen and oxygen atoms in total. The normalized spacial score (nSPS) is 16.5. The van der Waals surface area contributed by atoms with Crippen LogP contribution in [0.4, 0.5) is 15.8 Å². The quantitative estimate of drug-likeness (QED) is 0.931. The van der Waals surface area contributed by atoms with Crippen molar-refractivity contribution in [2.24, 2.45) is 0 Å². The van der Waals surface area contributed by atoms with Crippen molar-refractivity contribution in [3.05, 3.63) is 58.9 Å². The van der Waals surface area contributed by atoms with Crippen molar-refractivity contribution in [3.8, 4) is 0 Å². The second-order valence-electron chi connectivity index (χ2n) is 5.48. The van der Waals surface area contributed by atoms with E-state index in [2.05, 4.69) is 23.2 Å². The highest BCUT2D eigenvalue weighted by Crippen LogP contribution is 2.31. The number of benzene rings is 2. The summed E-state index contributed by atoms with van der Waals surface area (Å²) in [6.07, 6.45) is 0.931. The van der Waals surface area contributed by atoms with Crippen LogP contribution < -0.4 is 10.2 Å². The third-order valence-corrected chi connectivity index (χ3v) is 4.18. The molecular formula is C17H16ClFN2O. The second kappa shape index (κ2) is 5.97. The first kappa shape index (κ1) is 14.9. The summed E-state index contributed by atoms with van der Waals surface area (Å²) in [4.78, 5) is 14.3. The van der Waals surface area contributed by atoms with Gasteiger partial charge in [-0.2, -0.15) is 0 Å². The molecule has 0 aromatic heterocycles. The van der Waals surface area contributed by atoms with Crippen molar-refractivity contribution in [1.29, 1.82) is 0 Å². The molecule has 0 saturated carbocycles. The Morgan fingerprint density at radius 3 is 2.91 bits per heavy atom. The maximum Gasteiger partial charge on any atom is 0.243 e. The van der Waals surface area contributed by atoms with Gasteiger partial charge in [0.15, 0.2) is 0 Å². The lowest BCUT2D eigenvalue weighted by atomic mass is 10.1. The SMILES string of the molecule is C[C@@H]1Cc2ccccc2N1CC(=O)Nc1ccc(F)cc1Cl. The summed E-state index contributed by atoms with van der Waals surface area (Å²) >= 11 is 5.93. The van der Waals surface area contributed by atoms with Gasteiger partial charge in [0.05, 0.1) is 17.3 Å². The highest BCUT2D eigenvalue weighted by Gasteiger charge is 2.27. The van der Waals surface area contributed by atoms with Gasteiger partial charge < -0.3 is 10.2 Å². The van der Waals surface area contributed by atoms with Crippen LogP contribution in [0.2, 0.25) is 5.02 Å². The van der Waals surface area contributed by atoms with Crippen molar-refractivity contribution < 1.29 is 9.18 Å². The number of rotatable bonds is 3. The molecule has 2 aromatic carbocycles. The van der Waals surface area contributed by atoms with E-state index < -0.39 is 5.82 Å². The Hall–Kier alpha value is -2.07. The zero-order valence-corrected chi connectivity index (χ0v) is 12.9. The molecule has 0 radical (unpaired) electrons. The third-order valence-electron chi connectivity index (χ3n) is 3.87. The summed E-state index contributed by atoms with van der Waals surface area (Å²) in [6.45, 7) is 2.34. The topological polar surface area (TPSA) is 32.3 Å². The van der Waals surface area contributed by atoms with Crippen molar-refractivity contribution in [3.63, 3.8) is 0 Å². The first-order valence-electron chi connectivity index (χ1n) is 7.14. The molecule has 1 aliphatic heterocycles. The van der Waals surface area contributed by atoms with Crippen molar-refractivity contribution in [1.82, 2.24) is 0 Å². The zero-order chi connectivity index (χ0) is 15.7. The van der Waals surface area contributed by atoms with E-state index in [1.165, 1.54) is 23.8 Å². The van der Waals surface area contributed by atoms with Crippen LogP contribution in [-0.2, 0) is 11.2 Å². The zero-order valence-electron chi connectivity index (χ0n) is 12.1. The Bertz CT molecular complexity index is 720. The van der Waals surface area contributed by atoms with E-state index in [0.29, 0.717) is 5.69 Å². The van der Waals surface area contributed by atoms with Crippen LogP contribution in [0.5, 0.6) is 0 Å². The van der Waals surface area contributed by atoms with E-state index in [1.807, 2.05) is 18.2 Å². The number of nitrogens with zero attached hydrogens (tertiary/aromatic N) is 1. The van der Waals surface area contributed by atoms with Gasteiger partial charge in [-0.1, -0.05) is 29.8 Å². The molecule has 0 spiro atoms. The number of carbonyl (C=O) groups is 1. The predicted molar refractivity (Wildman–Crippen MR) is 87.0 cm³/mol. The van der Waals surface area contributed by atoms with Crippen LogP contribution in [0.15, 0.2) is 42.5 Å². The van der Waals surface area contributed by atoms with Crippen molar-refractivity contribution >= 4 is 28.9 Å². The van der Waals surface area contributed by atoms with Gasteiger partial charge in [-0.25, -0.2) is 4.39 Å². The number of hydrogen-bond donors (Lipinski definition) is 1. The molecule has 0 unspecified atom stereocenters. The summed E-state index contributed by atoms with van der Waals surface area (Å²) < 4.78 is 13.0. The molecule has 114 valence electrons. The molecule has 0 bridgehead atoms. The number of carbonyl (C=O) groups excluding carboxylic acids is 1. The van der Waals surface area contributed by atoms with E-state index in [-0.39, 0.29) is 23.5 Å². The smallest absolute Gasteiger partial charge is 0.243 e. The molecule has 0 fully saturated rings. The standard InChI is InChI=1S/C17H16ClFN2O/c1-11-8-12-4-2-3-5-16(12)21(11)10-17(22)20-15-7-6-13(19)9-14(15)18/h2-7,9,11H,8,10H2,1H3,(H,20,22)/t11-/m1/s1. The molecule has 1 heterocycles. The molecule has 1 aliphatic rings.